The average Bonchev–Trinajstić information content (AvgIpc) is 3.30. The van der Waals surface area contributed by atoms with Crippen LogP contribution in [-0.4, -0.2) is 21.2 Å². The molecule has 2 N–H and O–H groups in total. The van der Waals surface area contributed by atoms with E-state index in [0.717, 1.165) is 40.6 Å². The summed E-state index contributed by atoms with van der Waals surface area (Å²) < 4.78 is 0. The zero-order valence-electron chi connectivity index (χ0n) is 13.3. The van der Waals surface area contributed by atoms with Crippen molar-refractivity contribution < 1.29 is 15.0 Å². The molecule has 1 aromatic carbocycles. The predicted octanol–water partition coefficient (Wildman–Crippen LogP) is 3.33. The third-order valence-electron chi connectivity index (χ3n) is 5.90. The first kappa shape index (κ1) is 14.6. The van der Waals surface area contributed by atoms with E-state index in [-0.39, 0.29) is 12.2 Å². The fourth-order valence-corrected chi connectivity index (χ4v) is 4.05. The molecule has 1 fully saturated rings. The Morgan fingerprint density at radius 3 is 2.83 bits per heavy atom. The Morgan fingerprint density at radius 2 is 2.17 bits per heavy atom. The van der Waals surface area contributed by atoms with Crippen LogP contribution in [0.15, 0.2) is 18.2 Å². The van der Waals surface area contributed by atoms with Crippen LogP contribution in [0.3, 0.4) is 0 Å². The topological polar surface area (TPSA) is 70.4 Å². The number of carbonyl (C=O) groups is 1. The largest absolute Gasteiger partial charge is 0.478 e. The number of fused-ring (bicyclic) bond motifs is 2. The van der Waals surface area contributed by atoms with Crippen LogP contribution in [0, 0.1) is 11.3 Å². The molecule has 1 saturated carbocycles. The van der Waals surface area contributed by atoms with Gasteiger partial charge in [0.1, 0.15) is 0 Å². The molecule has 2 aliphatic rings. The van der Waals surface area contributed by atoms with Gasteiger partial charge in [0.05, 0.1) is 17.7 Å². The van der Waals surface area contributed by atoms with Gasteiger partial charge in [-0.1, -0.05) is 6.92 Å². The number of pyridine rings is 1. The monoisotopic (exact) mass is 311 g/mol. The number of carboxylic acids is 1. The lowest BCUT2D eigenvalue weighted by molar-refractivity contribution is 0.0697. The van der Waals surface area contributed by atoms with Crippen LogP contribution >= 0.6 is 0 Å². The van der Waals surface area contributed by atoms with E-state index in [9.17, 15) is 15.0 Å². The molecule has 0 unspecified atom stereocenters. The normalized spacial score (nSPS) is 21.9. The minimum absolute atomic E-state index is 0.0616. The first-order chi connectivity index (χ1) is 11.0. The summed E-state index contributed by atoms with van der Waals surface area (Å²) >= 11 is 0. The first-order valence-corrected chi connectivity index (χ1v) is 8.30. The number of nitrogens with zero attached hydrogens (tertiary/aromatic N) is 1. The molecular formula is C19H21NO3. The molecule has 1 atom stereocenters. The van der Waals surface area contributed by atoms with Gasteiger partial charge < -0.3 is 10.2 Å². The number of aryl methyl sites for hydroxylation is 1. The molecule has 2 aromatic rings. The standard InChI is InChI=1S/C19H21NO3/c1-19(6-7-19)12-3-5-17-14(9-12)15(10-21)13-8-11(18(22)23)2-4-16(13)20-17/h2,4,8,12,21H,3,5-7,9-10H2,1H3,(H,22,23)/t12-/m0/s1. The maximum Gasteiger partial charge on any atom is 0.335 e. The molecule has 0 radical (unpaired) electrons. The van der Waals surface area contributed by atoms with Gasteiger partial charge in [-0.15, -0.1) is 0 Å². The minimum Gasteiger partial charge on any atom is -0.478 e. The second-order valence-electron chi connectivity index (χ2n) is 7.30. The number of aliphatic hydroxyl groups excluding tert-OH is 1. The van der Waals surface area contributed by atoms with Gasteiger partial charge in [0.15, 0.2) is 0 Å². The molecule has 120 valence electrons. The summed E-state index contributed by atoms with van der Waals surface area (Å²) in [7, 11) is 0. The molecule has 4 rings (SSSR count). The predicted molar refractivity (Wildman–Crippen MR) is 87.5 cm³/mol. The maximum atomic E-state index is 11.2. The van der Waals surface area contributed by atoms with Crippen molar-refractivity contribution in [2.45, 2.75) is 45.6 Å². The number of aromatic nitrogens is 1. The molecule has 2 aliphatic carbocycles. The van der Waals surface area contributed by atoms with Gasteiger partial charge >= 0.3 is 5.97 Å². The number of benzene rings is 1. The van der Waals surface area contributed by atoms with Crippen molar-refractivity contribution in [1.82, 2.24) is 4.98 Å². The van der Waals surface area contributed by atoms with Crippen molar-refractivity contribution in [2.75, 3.05) is 0 Å². The molecule has 1 heterocycles. The highest BCUT2D eigenvalue weighted by atomic mass is 16.4. The number of aliphatic hydroxyl groups is 1. The Balaban J connectivity index is 1.86. The van der Waals surface area contributed by atoms with Crippen LogP contribution in [0.25, 0.3) is 10.9 Å². The summed E-state index contributed by atoms with van der Waals surface area (Å²) in [4.78, 5) is 16.0. The van der Waals surface area contributed by atoms with Gasteiger partial charge in [0, 0.05) is 11.1 Å². The summed E-state index contributed by atoms with van der Waals surface area (Å²) in [5.74, 6) is -0.293. The summed E-state index contributed by atoms with van der Waals surface area (Å²) in [6, 6.07) is 4.99. The lowest BCUT2D eigenvalue weighted by Crippen LogP contribution is -2.24. The fraction of sp³-hybridized carbons (Fsp3) is 0.474. The van der Waals surface area contributed by atoms with Crippen molar-refractivity contribution in [3.63, 3.8) is 0 Å². The van der Waals surface area contributed by atoms with Gasteiger partial charge in [-0.3, -0.25) is 4.98 Å². The molecule has 4 nitrogen and oxygen atoms in total. The SMILES string of the molecule is CC1([C@H]2CCc3nc4ccc(C(=O)O)cc4c(CO)c3C2)CC1. The van der Waals surface area contributed by atoms with Crippen LogP contribution < -0.4 is 0 Å². The zero-order valence-corrected chi connectivity index (χ0v) is 13.3. The Labute approximate surface area is 135 Å². The van der Waals surface area contributed by atoms with Crippen LogP contribution in [0.2, 0.25) is 0 Å². The van der Waals surface area contributed by atoms with E-state index >= 15 is 0 Å². The molecule has 4 heteroatoms. The van der Waals surface area contributed by atoms with Crippen molar-refractivity contribution in [3.8, 4) is 0 Å². The average molecular weight is 311 g/mol. The maximum absolute atomic E-state index is 11.2. The van der Waals surface area contributed by atoms with Crippen LogP contribution in [0.5, 0.6) is 0 Å². The number of rotatable bonds is 3. The molecule has 0 bridgehead atoms. The van der Waals surface area contributed by atoms with E-state index in [1.165, 1.54) is 19.3 Å². The Bertz CT molecular complexity index is 808. The Morgan fingerprint density at radius 1 is 1.39 bits per heavy atom. The highest BCUT2D eigenvalue weighted by Gasteiger charge is 2.45. The second-order valence-corrected chi connectivity index (χ2v) is 7.30. The third-order valence-corrected chi connectivity index (χ3v) is 5.90. The highest BCUT2D eigenvalue weighted by molar-refractivity contribution is 5.94. The summed E-state index contributed by atoms with van der Waals surface area (Å²) in [5, 5.41) is 20.0. The second kappa shape index (κ2) is 5.03. The van der Waals surface area contributed by atoms with Gasteiger partial charge in [0.2, 0.25) is 0 Å². The minimum atomic E-state index is -0.947. The van der Waals surface area contributed by atoms with Gasteiger partial charge in [-0.25, -0.2) is 4.79 Å². The molecule has 23 heavy (non-hydrogen) atoms. The van der Waals surface area contributed by atoms with Crippen molar-refractivity contribution >= 4 is 16.9 Å². The zero-order chi connectivity index (χ0) is 16.2. The first-order valence-electron chi connectivity index (χ1n) is 8.30. The van der Waals surface area contributed by atoms with Crippen LogP contribution in [-0.2, 0) is 19.4 Å². The van der Waals surface area contributed by atoms with E-state index in [2.05, 4.69) is 6.92 Å². The van der Waals surface area contributed by atoms with E-state index in [1.54, 1.807) is 18.2 Å². The number of hydrogen-bond donors (Lipinski definition) is 2. The number of aromatic carboxylic acids is 1. The van der Waals surface area contributed by atoms with Crippen molar-refractivity contribution in [1.29, 1.82) is 0 Å². The van der Waals surface area contributed by atoms with Crippen molar-refractivity contribution in [2.24, 2.45) is 11.3 Å². The molecule has 0 amide bonds. The fourth-order valence-electron chi connectivity index (χ4n) is 4.05. The lowest BCUT2D eigenvalue weighted by Gasteiger charge is -2.30. The summed E-state index contributed by atoms with van der Waals surface area (Å²) in [5.41, 5.74) is 4.62. The van der Waals surface area contributed by atoms with Gasteiger partial charge in [-0.2, -0.15) is 0 Å². The van der Waals surface area contributed by atoms with E-state index in [4.69, 9.17) is 4.98 Å². The summed E-state index contributed by atoms with van der Waals surface area (Å²) in [6.07, 6.45) is 5.68. The summed E-state index contributed by atoms with van der Waals surface area (Å²) in [6.45, 7) is 2.30. The smallest absolute Gasteiger partial charge is 0.335 e. The third kappa shape index (κ3) is 2.32. The number of carboxylic acid groups (broad SMARTS) is 1. The molecule has 0 saturated heterocycles. The quantitative estimate of drug-likeness (QED) is 0.912. The van der Waals surface area contributed by atoms with Gasteiger partial charge in [0.25, 0.3) is 0 Å². The van der Waals surface area contributed by atoms with Gasteiger partial charge in [-0.05, 0) is 72.8 Å². The van der Waals surface area contributed by atoms with Crippen LogP contribution in [0.4, 0.5) is 0 Å². The van der Waals surface area contributed by atoms with Crippen molar-refractivity contribution in [3.05, 3.63) is 40.6 Å². The van der Waals surface area contributed by atoms with Crippen LogP contribution in [0.1, 0.15) is 53.4 Å². The molecule has 0 aliphatic heterocycles. The molecular weight excluding hydrogens is 290 g/mol. The van der Waals surface area contributed by atoms with E-state index in [0.29, 0.717) is 11.3 Å². The lowest BCUT2D eigenvalue weighted by atomic mass is 9.75. The van der Waals surface area contributed by atoms with E-state index < -0.39 is 5.97 Å². The molecule has 1 aromatic heterocycles. The highest BCUT2D eigenvalue weighted by Crippen LogP contribution is 2.55. The number of hydrogen-bond acceptors (Lipinski definition) is 3. The molecule has 0 spiro atoms. The van der Waals surface area contributed by atoms with E-state index in [1.807, 2.05) is 0 Å². The Hall–Kier alpha value is -1.94. The Kier molecular flexibility index (Phi) is 3.20.